The Kier molecular flexibility index (Phi) is 7.23. The molecule has 0 bridgehead atoms. The van der Waals surface area contributed by atoms with Crippen LogP contribution in [-0.2, 0) is 11.3 Å². The van der Waals surface area contributed by atoms with Gasteiger partial charge in [-0.3, -0.25) is 4.79 Å². The fourth-order valence-electron chi connectivity index (χ4n) is 4.86. The first-order valence-corrected chi connectivity index (χ1v) is 12.8. The number of ether oxygens (including phenoxy) is 1. The smallest absolute Gasteiger partial charge is 0.264 e. The average molecular weight is 526 g/mol. The molecule has 198 valence electrons. The molecule has 0 saturated carbocycles. The number of hydrogen-bond donors (Lipinski definition) is 1. The highest BCUT2D eigenvalue weighted by Crippen LogP contribution is 2.35. The quantitative estimate of drug-likeness (QED) is 0.263. The van der Waals surface area contributed by atoms with Crippen LogP contribution < -0.4 is 10.5 Å². The summed E-state index contributed by atoms with van der Waals surface area (Å²) in [5.74, 6) is 0.360. The minimum absolute atomic E-state index is 0.0707. The average Bonchev–Trinajstić information content (AvgIpc) is 3.53. The van der Waals surface area contributed by atoms with Crippen LogP contribution in [0.15, 0.2) is 66.5 Å². The third kappa shape index (κ3) is 5.29. The van der Waals surface area contributed by atoms with Crippen molar-refractivity contribution in [3.8, 4) is 28.8 Å². The molecule has 1 atom stereocenters. The van der Waals surface area contributed by atoms with E-state index in [9.17, 15) is 10.1 Å². The number of anilines is 1. The molecule has 1 saturated heterocycles. The van der Waals surface area contributed by atoms with Gasteiger partial charge in [-0.2, -0.15) is 10.4 Å². The Balaban J connectivity index is 1.48. The minimum atomic E-state index is -0.534. The highest BCUT2D eigenvalue weighted by atomic mass is 19.1. The summed E-state index contributed by atoms with van der Waals surface area (Å²) in [6.45, 7) is 4.71. The number of carbonyl (C=O) groups is 1. The van der Waals surface area contributed by atoms with Gasteiger partial charge >= 0.3 is 0 Å². The molecule has 2 aromatic heterocycles. The third-order valence-corrected chi connectivity index (χ3v) is 6.61. The van der Waals surface area contributed by atoms with Crippen LogP contribution in [0.5, 0.6) is 11.5 Å². The summed E-state index contributed by atoms with van der Waals surface area (Å²) >= 11 is 0. The number of amides is 1. The molecule has 0 radical (unpaired) electrons. The highest BCUT2D eigenvalue weighted by molar-refractivity contribution is 5.99. The van der Waals surface area contributed by atoms with Gasteiger partial charge in [0, 0.05) is 18.2 Å². The van der Waals surface area contributed by atoms with E-state index in [-0.39, 0.29) is 34.8 Å². The first-order chi connectivity index (χ1) is 18.9. The number of fused-ring (bicyclic) bond motifs is 1. The molecule has 39 heavy (non-hydrogen) atoms. The van der Waals surface area contributed by atoms with E-state index < -0.39 is 5.82 Å². The Morgan fingerprint density at radius 2 is 2.03 bits per heavy atom. The summed E-state index contributed by atoms with van der Waals surface area (Å²) in [6.07, 6.45) is 4.56. The van der Waals surface area contributed by atoms with E-state index >= 15 is 4.39 Å². The molecular weight excluding hydrogens is 497 g/mol. The number of para-hydroxylation sites is 1. The predicted octanol–water partition coefficient (Wildman–Crippen LogP) is 5.10. The number of rotatable bonds is 7. The van der Waals surface area contributed by atoms with Gasteiger partial charge in [0.05, 0.1) is 18.0 Å². The summed E-state index contributed by atoms with van der Waals surface area (Å²) in [6, 6.07) is 15.5. The monoisotopic (exact) mass is 525 g/mol. The number of allylic oxidation sites excluding steroid dienone is 1. The molecule has 0 spiro atoms. The Hall–Kier alpha value is -4.78. The number of benzene rings is 2. The van der Waals surface area contributed by atoms with E-state index in [4.69, 9.17) is 15.6 Å². The molecule has 0 unspecified atom stereocenters. The Labute approximate surface area is 225 Å². The van der Waals surface area contributed by atoms with Crippen molar-refractivity contribution in [3.05, 3.63) is 72.3 Å². The number of nitrogen functional groups attached to an aromatic ring is 1. The fourth-order valence-corrected chi connectivity index (χ4v) is 4.86. The van der Waals surface area contributed by atoms with Crippen molar-refractivity contribution in [2.45, 2.75) is 39.3 Å². The lowest BCUT2D eigenvalue weighted by atomic mass is 10.1. The Bertz CT molecular complexity index is 1590. The molecule has 1 aliphatic heterocycles. The van der Waals surface area contributed by atoms with Crippen LogP contribution in [0, 0.1) is 23.1 Å². The van der Waals surface area contributed by atoms with Gasteiger partial charge in [0.2, 0.25) is 0 Å². The summed E-state index contributed by atoms with van der Waals surface area (Å²) in [5, 5.41) is 14.7. The van der Waals surface area contributed by atoms with Gasteiger partial charge in [-0.1, -0.05) is 38.1 Å². The van der Waals surface area contributed by atoms with Crippen molar-refractivity contribution in [2.75, 3.05) is 12.3 Å². The first kappa shape index (κ1) is 25.9. The molecule has 5 rings (SSSR count). The zero-order valence-electron chi connectivity index (χ0n) is 21.7. The summed E-state index contributed by atoms with van der Waals surface area (Å²) in [5.41, 5.74) is 7.33. The second kappa shape index (κ2) is 10.9. The van der Waals surface area contributed by atoms with Crippen LogP contribution in [0.3, 0.4) is 0 Å². The van der Waals surface area contributed by atoms with E-state index in [0.717, 1.165) is 12.8 Å². The topological polar surface area (TPSA) is 123 Å². The zero-order valence-corrected chi connectivity index (χ0v) is 21.7. The largest absolute Gasteiger partial charge is 0.457 e. The summed E-state index contributed by atoms with van der Waals surface area (Å²) in [4.78, 5) is 23.4. The second-order valence-corrected chi connectivity index (χ2v) is 9.78. The molecule has 1 fully saturated rings. The van der Waals surface area contributed by atoms with Gasteiger partial charge in [0.1, 0.15) is 46.8 Å². The van der Waals surface area contributed by atoms with Crippen molar-refractivity contribution in [3.63, 3.8) is 0 Å². The molecule has 2 N–H and O–H groups in total. The van der Waals surface area contributed by atoms with Crippen LogP contribution in [0.25, 0.3) is 22.3 Å². The maximum Gasteiger partial charge on any atom is 0.264 e. The lowest BCUT2D eigenvalue weighted by Gasteiger charge is -2.24. The maximum atomic E-state index is 15.4. The lowest BCUT2D eigenvalue weighted by molar-refractivity contribution is -0.127. The van der Waals surface area contributed by atoms with Gasteiger partial charge < -0.3 is 15.4 Å². The number of halogens is 1. The number of carbonyl (C=O) groups excluding carboxylic acids is 1. The van der Waals surface area contributed by atoms with Gasteiger partial charge in [-0.15, -0.1) is 0 Å². The number of likely N-dealkylation sites (tertiary alicyclic amines) is 1. The molecule has 9 nitrogen and oxygen atoms in total. The van der Waals surface area contributed by atoms with Crippen molar-refractivity contribution < 1.29 is 13.9 Å². The zero-order chi connectivity index (χ0) is 27.5. The summed E-state index contributed by atoms with van der Waals surface area (Å²) < 4.78 is 22.8. The van der Waals surface area contributed by atoms with Crippen LogP contribution in [0.1, 0.15) is 26.7 Å². The standard InChI is InChI=1S/C29H28FN7O2/c1-18(2)13-19(15-31)29(38)36-12-6-7-20(36)16-37-28-25(27(32)33-17-34-28)26(35-37)23-11-10-22(14-24(23)30)39-21-8-4-3-5-9-21/h3-5,8-11,13-14,17-18,20H,6-7,12,16H2,1-2H3,(H2,32,33,34)/b19-13+/t20-/m0/s1. The SMILES string of the molecule is CC(C)/C=C(\C#N)C(=O)N1CCC[C@H]1Cn1nc(-c2ccc(Oc3ccccc3)cc2F)c2c(N)ncnc21. The molecule has 4 aromatic rings. The van der Waals surface area contributed by atoms with Crippen LogP contribution in [0.2, 0.25) is 0 Å². The second-order valence-electron chi connectivity index (χ2n) is 9.78. The number of hydrogen-bond acceptors (Lipinski definition) is 7. The van der Waals surface area contributed by atoms with Gasteiger partial charge in [-0.25, -0.2) is 19.0 Å². The van der Waals surface area contributed by atoms with Gasteiger partial charge in [0.15, 0.2) is 5.65 Å². The predicted molar refractivity (Wildman–Crippen MR) is 145 cm³/mol. The lowest BCUT2D eigenvalue weighted by Crippen LogP contribution is -2.39. The third-order valence-electron chi connectivity index (χ3n) is 6.61. The van der Waals surface area contributed by atoms with Gasteiger partial charge in [0.25, 0.3) is 5.91 Å². The van der Waals surface area contributed by atoms with Crippen LogP contribution in [-0.4, -0.2) is 43.1 Å². The van der Waals surface area contributed by atoms with Crippen molar-refractivity contribution in [2.24, 2.45) is 5.92 Å². The van der Waals surface area contributed by atoms with Gasteiger partial charge in [-0.05, 0) is 43.0 Å². The van der Waals surface area contributed by atoms with E-state index in [2.05, 4.69) is 9.97 Å². The maximum absolute atomic E-state index is 15.4. The van der Waals surface area contributed by atoms with E-state index in [0.29, 0.717) is 41.3 Å². The van der Waals surface area contributed by atoms with Crippen LogP contribution >= 0.6 is 0 Å². The molecule has 1 amide bonds. The molecule has 0 aliphatic carbocycles. The molecule has 1 aliphatic rings. The van der Waals surface area contributed by atoms with Crippen molar-refractivity contribution in [1.82, 2.24) is 24.6 Å². The Morgan fingerprint density at radius 3 is 2.74 bits per heavy atom. The first-order valence-electron chi connectivity index (χ1n) is 12.8. The van der Waals surface area contributed by atoms with E-state index in [1.54, 1.807) is 39.9 Å². The van der Waals surface area contributed by atoms with Crippen LogP contribution in [0.4, 0.5) is 10.2 Å². The summed E-state index contributed by atoms with van der Waals surface area (Å²) in [7, 11) is 0. The van der Waals surface area contributed by atoms with E-state index in [1.807, 2.05) is 38.1 Å². The molecule has 10 heteroatoms. The molecular formula is C29H28FN7O2. The Morgan fingerprint density at radius 1 is 1.23 bits per heavy atom. The van der Waals surface area contributed by atoms with E-state index in [1.165, 1.54) is 12.4 Å². The fraction of sp³-hybridized carbons (Fsp3) is 0.276. The number of nitrogens with two attached hydrogens (primary N) is 1. The highest BCUT2D eigenvalue weighted by Gasteiger charge is 2.32. The van der Waals surface area contributed by atoms with Crippen molar-refractivity contribution in [1.29, 1.82) is 5.26 Å². The number of aromatic nitrogens is 4. The number of nitriles is 1. The minimum Gasteiger partial charge on any atom is -0.457 e. The normalized spacial score (nSPS) is 15.6. The number of nitrogens with zero attached hydrogens (tertiary/aromatic N) is 6. The van der Waals surface area contributed by atoms with Crippen molar-refractivity contribution >= 4 is 22.8 Å². The molecule has 2 aromatic carbocycles. The molecule has 3 heterocycles.